The summed E-state index contributed by atoms with van der Waals surface area (Å²) in [5.41, 5.74) is 0.365. The number of nitrogens with one attached hydrogen (secondary N) is 2. The number of hydrogen-bond donors (Lipinski definition) is 3. The first-order valence-corrected chi connectivity index (χ1v) is 5.89. The molecule has 98 valence electrons. The quantitative estimate of drug-likeness (QED) is 0.798. The van der Waals surface area contributed by atoms with Gasteiger partial charge in [-0.3, -0.25) is 4.79 Å². The van der Waals surface area contributed by atoms with Crippen LogP contribution in [0.5, 0.6) is 0 Å². The summed E-state index contributed by atoms with van der Waals surface area (Å²) in [5, 5.41) is 14.1. The summed E-state index contributed by atoms with van der Waals surface area (Å²) in [6, 6.07) is 3.81. The van der Waals surface area contributed by atoms with E-state index >= 15 is 0 Å². The van der Waals surface area contributed by atoms with Crippen molar-refractivity contribution in [3.8, 4) is 0 Å². The van der Waals surface area contributed by atoms with Crippen LogP contribution in [-0.2, 0) is 4.79 Å². The highest BCUT2D eigenvalue weighted by atomic mass is 35.5. The Labute approximate surface area is 114 Å². The molecule has 1 atom stereocenters. The Hall–Kier alpha value is -1.46. The fourth-order valence-electron chi connectivity index (χ4n) is 1.30. The fraction of sp³-hybridized carbons (Fsp3) is 0.273. The summed E-state index contributed by atoms with van der Waals surface area (Å²) in [7, 11) is 0. The number of rotatable bonds is 4. The van der Waals surface area contributed by atoms with Crippen LogP contribution in [0.25, 0.3) is 0 Å². The van der Waals surface area contributed by atoms with Gasteiger partial charge in [-0.05, 0) is 19.1 Å². The van der Waals surface area contributed by atoms with Crippen LogP contribution in [0.15, 0.2) is 18.2 Å². The number of carbonyl (C=O) groups excluding carboxylic acids is 1. The highest BCUT2D eigenvalue weighted by molar-refractivity contribution is 6.43. The molecule has 0 aromatic heterocycles. The molecule has 1 aromatic carbocycles. The van der Waals surface area contributed by atoms with Crippen molar-refractivity contribution in [2.75, 3.05) is 5.32 Å². The van der Waals surface area contributed by atoms with Gasteiger partial charge in [0.25, 0.3) is 0 Å². The lowest BCUT2D eigenvalue weighted by molar-refractivity contribution is -0.137. The lowest BCUT2D eigenvalue weighted by atomic mass is 10.2. The second kappa shape index (κ2) is 6.47. The summed E-state index contributed by atoms with van der Waals surface area (Å²) in [5.74, 6) is -0.983. The van der Waals surface area contributed by atoms with Gasteiger partial charge in [-0.1, -0.05) is 29.3 Å². The maximum Gasteiger partial charge on any atom is 0.319 e. The van der Waals surface area contributed by atoms with Crippen LogP contribution in [0.2, 0.25) is 10.0 Å². The zero-order chi connectivity index (χ0) is 13.7. The molecule has 0 aliphatic rings. The first-order valence-electron chi connectivity index (χ1n) is 5.13. The number of carboxylic acid groups (broad SMARTS) is 1. The first kappa shape index (κ1) is 14.6. The topological polar surface area (TPSA) is 78.4 Å². The summed E-state index contributed by atoms with van der Waals surface area (Å²) in [6.07, 6.45) is -0.156. The summed E-state index contributed by atoms with van der Waals surface area (Å²) in [6.45, 7) is 1.59. The van der Waals surface area contributed by atoms with Crippen molar-refractivity contribution in [2.45, 2.75) is 19.4 Å². The Bertz CT molecular complexity index is 466. The molecule has 18 heavy (non-hydrogen) atoms. The first-order chi connectivity index (χ1) is 8.40. The van der Waals surface area contributed by atoms with E-state index in [9.17, 15) is 9.59 Å². The smallest absolute Gasteiger partial charge is 0.319 e. The predicted octanol–water partition coefficient (Wildman–Crippen LogP) is 2.98. The van der Waals surface area contributed by atoms with Gasteiger partial charge in [0, 0.05) is 6.04 Å². The maximum atomic E-state index is 11.6. The van der Waals surface area contributed by atoms with E-state index < -0.39 is 18.0 Å². The van der Waals surface area contributed by atoms with E-state index in [-0.39, 0.29) is 11.4 Å². The Balaban J connectivity index is 2.59. The van der Waals surface area contributed by atoms with Crippen LogP contribution in [0, 0.1) is 0 Å². The molecule has 1 unspecified atom stereocenters. The molecule has 0 saturated heterocycles. The average molecular weight is 291 g/mol. The van der Waals surface area contributed by atoms with Gasteiger partial charge in [0.05, 0.1) is 22.2 Å². The largest absolute Gasteiger partial charge is 0.481 e. The maximum absolute atomic E-state index is 11.6. The average Bonchev–Trinajstić information content (AvgIpc) is 2.23. The second-order valence-corrected chi connectivity index (χ2v) is 4.48. The van der Waals surface area contributed by atoms with E-state index in [4.69, 9.17) is 28.3 Å². The third-order valence-corrected chi connectivity index (χ3v) is 2.88. The van der Waals surface area contributed by atoms with Crippen LogP contribution in [-0.4, -0.2) is 23.1 Å². The third-order valence-electron chi connectivity index (χ3n) is 2.06. The minimum absolute atomic E-state index is 0.156. The number of aliphatic carboxylic acids is 1. The van der Waals surface area contributed by atoms with Gasteiger partial charge in [-0.25, -0.2) is 4.79 Å². The van der Waals surface area contributed by atoms with Crippen molar-refractivity contribution in [1.29, 1.82) is 0 Å². The van der Waals surface area contributed by atoms with Crippen LogP contribution in [0.1, 0.15) is 13.3 Å². The number of carbonyl (C=O) groups is 2. The Morgan fingerprint density at radius 3 is 2.67 bits per heavy atom. The predicted molar refractivity (Wildman–Crippen MR) is 70.3 cm³/mol. The Morgan fingerprint density at radius 1 is 1.39 bits per heavy atom. The number of carboxylic acids is 1. The van der Waals surface area contributed by atoms with Crippen molar-refractivity contribution in [3.05, 3.63) is 28.2 Å². The molecule has 0 heterocycles. The van der Waals surface area contributed by atoms with Crippen molar-refractivity contribution < 1.29 is 14.7 Å². The molecule has 0 radical (unpaired) electrons. The molecule has 3 N–H and O–H groups in total. The Morgan fingerprint density at radius 2 is 2.06 bits per heavy atom. The molecule has 5 nitrogen and oxygen atoms in total. The van der Waals surface area contributed by atoms with E-state index in [1.54, 1.807) is 25.1 Å². The normalized spacial score (nSPS) is 11.7. The summed E-state index contributed by atoms with van der Waals surface area (Å²) < 4.78 is 0. The van der Waals surface area contributed by atoms with Crippen LogP contribution in [0.3, 0.4) is 0 Å². The number of benzene rings is 1. The highest BCUT2D eigenvalue weighted by Gasteiger charge is 2.12. The van der Waals surface area contributed by atoms with Crippen LogP contribution >= 0.6 is 23.2 Å². The fourth-order valence-corrected chi connectivity index (χ4v) is 1.64. The lowest BCUT2D eigenvalue weighted by Gasteiger charge is -2.13. The molecule has 1 aromatic rings. The zero-order valence-corrected chi connectivity index (χ0v) is 11.0. The highest BCUT2D eigenvalue weighted by Crippen LogP contribution is 2.29. The molecule has 0 aliphatic carbocycles. The summed E-state index contributed by atoms with van der Waals surface area (Å²) >= 11 is 11.7. The monoisotopic (exact) mass is 290 g/mol. The van der Waals surface area contributed by atoms with Crippen molar-refractivity contribution in [2.24, 2.45) is 0 Å². The third kappa shape index (κ3) is 4.43. The van der Waals surface area contributed by atoms with Crippen LogP contribution < -0.4 is 10.6 Å². The molecule has 0 aliphatic heterocycles. The SMILES string of the molecule is CC(CC(=O)O)NC(=O)Nc1cccc(Cl)c1Cl. The molecule has 1 rings (SSSR count). The van der Waals surface area contributed by atoms with Gasteiger partial charge >= 0.3 is 12.0 Å². The second-order valence-electron chi connectivity index (χ2n) is 3.70. The molecular weight excluding hydrogens is 279 g/mol. The number of urea groups is 1. The minimum Gasteiger partial charge on any atom is -0.481 e. The summed E-state index contributed by atoms with van der Waals surface area (Å²) in [4.78, 5) is 22.0. The molecule has 0 spiro atoms. The molecule has 0 fully saturated rings. The molecule has 0 saturated carbocycles. The standard InChI is InChI=1S/C11H12Cl2N2O3/c1-6(5-9(16)17)14-11(18)15-8-4-2-3-7(12)10(8)13/h2-4,6H,5H2,1H3,(H,16,17)(H2,14,15,18). The van der Waals surface area contributed by atoms with Crippen molar-refractivity contribution in [1.82, 2.24) is 5.32 Å². The number of amides is 2. The number of halogens is 2. The van der Waals surface area contributed by atoms with Gasteiger partial charge in [0.2, 0.25) is 0 Å². The van der Waals surface area contributed by atoms with Crippen molar-refractivity contribution >= 4 is 40.9 Å². The van der Waals surface area contributed by atoms with Gasteiger partial charge < -0.3 is 15.7 Å². The molecule has 0 bridgehead atoms. The molecular formula is C11H12Cl2N2O3. The molecule has 7 heteroatoms. The van der Waals surface area contributed by atoms with E-state index in [1.807, 2.05) is 0 Å². The molecule has 2 amide bonds. The van der Waals surface area contributed by atoms with Gasteiger partial charge in [0.15, 0.2) is 0 Å². The van der Waals surface area contributed by atoms with Crippen LogP contribution in [0.4, 0.5) is 10.5 Å². The van der Waals surface area contributed by atoms with Gasteiger partial charge in [0.1, 0.15) is 0 Å². The van der Waals surface area contributed by atoms with Crippen molar-refractivity contribution in [3.63, 3.8) is 0 Å². The van der Waals surface area contributed by atoms with E-state index in [1.165, 1.54) is 0 Å². The van der Waals surface area contributed by atoms with Gasteiger partial charge in [-0.15, -0.1) is 0 Å². The zero-order valence-electron chi connectivity index (χ0n) is 9.54. The van der Waals surface area contributed by atoms with E-state index in [2.05, 4.69) is 10.6 Å². The Kier molecular flexibility index (Phi) is 5.25. The van der Waals surface area contributed by atoms with E-state index in [0.29, 0.717) is 10.7 Å². The minimum atomic E-state index is -0.983. The number of anilines is 1. The lowest BCUT2D eigenvalue weighted by Crippen LogP contribution is -2.37. The number of hydrogen-bond acceptors (Lipinski definition) is 2. The van der Waals surface area contributed by atoms with E-state index in [0.717, 1.165) is 0 Å². The van der Waals surface area contributed by atoms with Gasteiger partial charge in [-0.2, -0.15) is 0 Å².